The van der Waals surface area contributed by atoms with Gasteiger partial charge in [-0.15, -0.1) is 0 Å². The number of rotatable bonds is 9. The second-order valence-corrected chi connectivity index (χ2v) is 4.55. The highest BCUT2D eigenvalue weighted by molar-refractivity contribution is 5.92. The molecule has 10 nitrogen and oxygen atoms in total. The molecule has 0 saturated carbocycles. The Hall–Kier alpha value is -1.75. The quantitative estimate of drug-likeness (QED) is 0.224. The summed E-state index contributed by atoms with van der Waals surface area (Å²) < 4.78 is 0. The monoisotopic (exact) mass is 305 g/mol. The lowest BCUT2D eigenvalue weighted by atomic mass is 10.1. The molecule has 0 heterocycles. The molecule has 0 aliphatic carbocycles. The molecule has 0 fully saturated rings. The molecule has 0 saturated heterocycles. The fourth-order valence-electron chi connectivity index (χ4n) is 1.46. The third-order valence-corrected chi connectivity index (χ3v) is 2.73. The van der Waals surface area contributed by atoms with Crippen molar-refractivity contribution < 1.29 is 24.6 Å². The van der Waals surface area contributed by atoms with E-state index in [1.54, 1.807) is 0 Å². The Balaban J connectivity index is 4.78. The molecular formula is C11H23N5O5. The van der Waals surface area contributed by atoms with Crippen LogP contribution in [0.2, 0.25) is 0 Å². The van der Waals surface area contributed by atoms with Crippen molar-refractivity contribution in [3.05, 3.63) is 0 Å². The topological polar surface area (TPSA) is 194 Å². The van der Waals surface area contributed by atoms with Crippen LogP contribution in [0.5, 0.6) is 0 Å². The number of aliphatic hydroxyl groups excluding tert-OH is 1. The van der Waals surface area contributed by atoms with Crippen LogP contribution in [0.4, 0.5) is 0 Å². The van der Waals surface area contributed by atoms with Crippen molar-refractivity contribution in [2.75, 3.05) is 13.1 Å². The van der Waals surface area contributed by atoms with Crippen LogP contribution in [0.3, 0.4) is 0 Å². The summed E-state index contributed by atoms with van der Waals surface area (Å²) in [4.78, 5) is 34.4. The maximum atomic E-state index is 11.9. The third kappa shape index (κ3) is 6.49. The van der Waals surface area contributed by atoms with Crippen LogP contribution in [0.25, 0.3) is 0 Å². The van der Waals surface area contributed by atoms with Gasteiger partial charge < -0.3 is 38.0 Å². The van der Waals surface area contributed by atoms with Crippen molar-refractivity contribution in [3.8, 4) is 0 Å². The van der Waals surface area contributed by atoms with E-state index >= 15 is 0 Å². The molecule has 0 aromatic carbocycles. The van der Waals surface area contributed by atoms with Crippen LogP contribution in [0, 0.1) is 0 Å². The SMILES string of the molecule is C[C@@H](O)[C@H](NC(=O)[C@@H](N)CCN)C(=O)N[C@@H](CN)C(=O)O. The van der Waals surface area contributed by atoms with Crippen molar-refractivity contribution in [3.63, 3.8) is 0 Å². The van der Waals surface area contributed by atoms with Crippen LogP contribution in [-0.2, 0) is 14.4 Å². The lowest BCUT2D eigenvalue weighted by molar-refractivity contribution is -0.142. The fourth-order valence-corrected chi connectivity index (χ4v) is 1.46. The lowest BCUT2D eigenvalue weighted by Crippen LogP contribution is -2.59. The van der Waals surface area contributed by atoms with Gasteiger partial charge in [0.25, 0.3) is 0 Å². The maximum absolute atomic E-state index is 11.9. The molecule has 4 atom stereocenters. The van der Waals surface area contributed by atoms with E-state index in [9.17, 15) is 19.5 Å². The zero-order chi connectivity index (χ0) is 16.6. The van der Waals surface area contributed by atoms with E-state index in [2.05, 4.69) is 10.6 Å². The summed E-state index contributed by atoms with van der Waals surface area (Å²) in [5, 5.41) is 22.7. The lowest BCUT2D eigenvalue weighted by Gasteiger charge is -2.24. The second-order valence-electron chi connectivity index (χ2n) is 4.55. The third-order valence-electron chi connectivity index (χ3n) is 2.73. The highest BCUT2D eigenvalue weighted by Gasteiger charge is 2.30. The minimum Gasteiger partial charge on any atom is -0.480 e. The van der Waals surface area contributed by atoms with Gasteiger partial charge in [0.05, 0.1) is 12.1 Å². The van der Waals surface area contributed by atoms with Crippen LogP contribution < -0.4 is 27.8 Å². The number of carbonyl (C=O) groups is 3. The average Bonchev–Trinajstić information content (AvgIpc) is 2.40. The van der Waals surface area contributed by atoms with Gasteiger partial charge in [-0.25, -0.2) is 4.79 Å². The molecule has 0 bridgehead atoms. The fraction of sp³-hybridized carbons (Fsp3) is 0.727. The van der Waals surface area contributed by atoms with Gasteiger partial charge in [-0.2, -0.15) is 0 Å². The Bertz CT molecular complexity index is 376. The number of aliphatic hydroxyl groups is 1. The first-order valence-corrected chi connectivity index (χ1v) is 6.41. The molecule has 10 N–H and O–H groups in total. The van der Waals surface area contributed by atoms with Gasteiger partial charge >= 0.3 is 5.97 Å². The van der Waals surface area contributed by atoms with Gasteiger partial charge in [-0.1, -0.05) is 0 Å². The number of aliphatic carboxylic acids is 1. The minimum absolute atomic E-state index is 0.189. The number of nitrogens with one attached hydrogen (secondary N) is 2. The average molecular weight is 305 g/mol. The van der Waals surface area contributed by atoms with Crippen molar-refractivity contribution in [2.24, 2.45) is 17.2 Å². The van der Waals surface area contributed by atoms with Gasteiger partial charge in [0, 0.05) is 6.54 Å². The number of hydrogen-bond acceptors (Lipinski definition) is 7. The normalized spacial score (nSPS) is 16.4. The summed E-state index contributed by atoms with van der Waals surface area (Å²) in [6.07, 6.45) is -1.04. The maximum Gasteiger partial charge on any atom is 0.327 e. The zero-order valence-electron chi connectivity index (χ0n) is 11.8. The van der Waals surface area contributed by atoms with E-state index in [-0.39, 0.29) is 19.5 Å². The first-order chi connectivity index (χ1) is 9.74. The van der Waals surface area contributed by atoms with E-state index in [0.717, 1.165) is 0 Å². The molecule has 0 aromatic heterocycles. The van der Waals surface area contributed by atoms with Gasteiger partial charge in [0.1, 0.15) is 12.1 Å². The summed E-state index contributed by atoms with van der Waals surface area (Å²) in [5.41, 5.74) is 16.0. The highest BCUT2D eigenvalue weighted by Crippen LogP contribution is 1.97. The highest BCUT2D eigenvalue weighted by atomic mass is 16.4. The zero-order valence-corrected chi connectivity index (χ0v) is 11.8. The summed E-state index contributed by atoms with van der Waals surface area (Å²) >= 11 is 0. The van der Waals surface area contributed by atoms with E-state index in [0.29, 0.717) is 0 Å². The van der Waals surface area contributed by atoms with Crippen molar-refractivity contribution >= 4 is 17.8 Å². The number of amides is 2. The van der Waals surface area contributed by atoms with Gasteiger partial charge in [-0.3, -0.25) is 9.59 Å². The Morgan fingerprint density at radius 1 is 1.14 bits per heavy atom. The number of nitrogens with two attached hydrogens (primary N) is 3. The largest absolute Gasteiger partial charge is 0.480 e. The van der Waals surface area contributed by atoms with Gasteiger partial charge in [0.2, 0.25) is 11.8 Å². The van der Waals surface area contributed by atoms with Crippen molar-refractivity contribution in [1.82, 2.24) is 10.6 Å². The molecular weight excluding hydrogens is 282 g/mol. The molecule has 0 rings (SSSR count). The van der Waals surface area contributed by atoms with Crippen molar-refractivity contribution in [1.29, 1.82) is 0 Å². The first-order valence-electron chi connectivity index (χ1n) is 6.41. The molecule has 0 spiro atoms. The van der Waals surface area contributed by atoms with E-state index in [1.165, 1.54) is 6.92 Å². The molecule has 0 aliphatic heterocycles. The summed E-state index contributed by atoms with van der Waals surface area (Å²) in [5.74, 6) is -2.85. The molecule has 0 unspecified atom stereocenters. The Kier molecular flexibility index (Phi) is 8.47. The van der Waals surface area contributed by atoms with Crippen LogP contribution in [0.15, 0.2) is 0 Å². The molecule has 21 heavy (non-hydrogen) atoms. The molecule has 0 aromatic rings. The summed E-state index contributed by atoms with van der Waals surface area (Å²) in [7, 11) is 0. The van der Waals surface area contributed by atoms with E-state index in [4.69, 9.17) is 22.3 Å². The number of carbonyl (C=O) groups excluding carboxylic acids is 2. The Morgan fingerprint density at radius 2 is 1.71 bits per heavy atom. The molecule has 0 aliphatic rings. The molecule has 2 amide bonds. The second kappa shape index (κ2) is 9.23. The Morgan fingerprint density at radius 3 is 2.10 bits per heavy atom. The van der Waals surface area contributed by atoms with E-state index < -0.39 is 42.0 Å². The first kappa shape index (κ1) is 19.2. The predicted molar refractivity (Wildman–Crippen MR) is 73.9 cm³/mol. The Labute approximate surface area is 122 Å². The predicted octanol–water partition coefficient (Wildman–Crippen LogP) is -3.94. The van der Waals surface area contributed by atoms with Crippen LogP contribution >= 0.6 is 0 Å². The van der Waals surface area contributed by atoms with Crippen molar-refractivity contribution in [2.45, 2.75) is 37.6 Å². The smallest absolute Gasteiger partial charge is 0.327 e. The van der Waals surface area contributed by atoms with Crippen LogP contribution in [0.1, 0.15) is 13.3 Å². The minimum atomic E-state index is -1.34. The summed E-state index contributed by atoms with van der Waals surface area (Å²) in [6.45, 7) is 1.14. The number of carboxylic acids is 1. The molecule has 10 heteroatoms. The standard InChI is InChI=1S/C11H23N5O5/c1-5(17)8(16-9(18)6(14)2-3-12)10(19)15-7(4-13)11(20)21/h5-8,17H,2-4,12-14H2,1H3,(H,15,19)(H,16,18)(H,20,21)/t5-,6+,7+,8+/m1/s1. The van der Waals surface area contributed by atoms with Gasteiger partial charge in [-0.05, 0) is 19.9 Å². The molecule has 0 radical (unpaired) electrons. The molecule has 122 valence electrons. The summed E-state index contributed by atoms with van der Waals surface area (Å²) in [6, 6.07) is -3.57. The van der Waals surface area contributed by atoms with E-state index in [1.807, 2.05) is 0 Å². The van der Waals surface area contributed by atoms with Gasteiger partial charge in [0.15, 0.2) is 0 Å². The number of carboxylic acid groups (broad SMARTS) is 1. The van der Waals surface area contributed by atoms with Crippen LogP contribution in [-0.4, -0.2) is 65.3 Å². The number of hydrogen-bond donors (Lipinski definition) is 7.